The normalized spacial score (nSPS) is 23.1. The van der Waals surface area contributed by atoms with Crippen LogP contribution in [0.15, 0.2) is 54.6 Å². The van der Waals surface area contributed by atoms with Gasteiger partial charge < -0.3 is 10.2 Å². The molecule has 0 radical (unpaired) electrons. The van der Waals surface area contributed by atoms with E-state index in [0.717, 1.165) is 6.67 Å². The minimum atomic E-state index is 0.268. The van der Waals surface area contributed by atoms with Crippen molar-refractivity contribution in [3.8, 4) is 0 Å². The number of rotatable bonds is 3. The Morgan fingerprint density at radius 3 is 2.21 bits per heavy atom. The van der Waals surface area contributed by atoms with Gasteiger partial charge in [-0.3, -0.25) is 4.90 Å². The molecule has 3 aliphatic rings. The number of fused-ring (bicyclic) bond motifs is 1. The van der Waals surface area contributed by atoms with E-state index in [2.05, 4.69) is 69.7 Å². The molecule has 0 bridgehead atoms. The Kier molecular flexibility index (Phi) is 5.02. The van der Waals surface area contributed by atoms with E-state index in [1.807, 2.05) is 0 Å². The SMILES string of the molecule is c1ccc(C2(N3CCC(N4CNc5ccccc54)CC3)CCCCCC2)cc1. The Balaban J connectivity index is 1.34. The van der Waals surface area contributed by atoms with E-state index in [-0.39, 0.29) is 5.54 Å². The van der Waals surface area contributed by atoms with Gasteiger partial charge in [-0.2, -0.15) is 0 Å². The first kappa shape index (κ1) is 18.1. The van der Waals surface area contributed by atoms with Crippen LogP contribution in [0.2, 0.25) is 0 Å². The van der Waals surface area contributed by atoms with Crippen LogP contribution in [-0.4, -0.2) is 30.7 Å². The van der Waals surface area contributed by atoms with Crippen LogP contribution in [-0.2, 0) is 5.54 Å². The predicted octanol–water partition coefficient (Wildman–Crippen LogP) is 5.59. The van der Waals surface area contributed by atoms with E-state index in [1.165, 1.54) is 75.8 Å². The van der Waals surface area contributed by atoms with Gasteiger partial charge in [0.2, 0.25) is 0 Å². The lowest BCUT2D eigenvalue weighted by Gasteiger charge is -2.49. The van der Waals surface area contributed by atoms with E-state index >= 15 is 0 Å². The van der Waals surface area contributed by atoms with Gasteiger partial charge in [0.05, 0.1) is 18.0 Å². The van der Waals surface area contributed by atoms with Gasteiger partial charge in [0, 0.05) is 24.7 Å². The summed E-state index contributed by atoms with van der Waals surface area (Å²) < 4.78 is 0. The molecule has 28 heavy (non-hydrogen) atoms. The summed E-state index contributed by atoms with van der Waals surface area (Å²) in [5.41, 5.74) is 4.52. The average Bonchev–Trinajstić information content (AvgIpc) is 3.03. The van der Waals surface area contributed by atoms with Crippen molar-refractivity contribution in [2.24, 2.45) is 0 Å². The molecule has 2 aromatic rings. The van der Waals surface area contributed by atoms with Gasteiger partial charge in [-0.25, -0.2) is 0 Å². The van der Waals surface area contributed by atoms with Crippen molar-refractivity contribution in [2.75, 3.05) is 30.0 Å². The Morgan fingerprint density at radius 2 is 1.46 bits per heavy atom. The molecule has 2 heterocycles. The van der Waals surface area contributed by atoms with Gasteiger partial charge in [0.15, 0.2) is 0 Å². The van der Waals surface area contributed by atoms with Crippen LogP contribution in [0.3, 0.4) is 0 Å². The molecule has 5 rings (SSSR count). The fourth-order valence-corrected chi connectivity index (χ4v) is 5.91. The van der Waals surface area contributed by atoms with Crippen LogP contribution in [0.1, 0.15) is 56.9 Å². The minimum absolute atomic E-state index is 0.268. The first-order chi connectivity index (χ1) is 13.9. The highest BCUT2D eigenvalue weighted by Crippen LogP contribution is 2.43. The zero-order valence-electron chi connectivity index (χ0n) is 16.9. The van der Waals surface area contributed by atoms with Crippen LogP contribution in [0.4, 0.5) is 11.4 Å². The maximum atomic E-state index is 3.58. The van der Waals surface area contributed by atoms with E-state index < -0.39 is 0 Å². The predicted molar refractivity (Wildman–Crippen MR) is 118 cm³/mol. The molecule has 2 fully saturated rings. The highest BCUT2D eigenvalue weighted by atomic mass is 15.3. The Hall–Kier alpha value is -2.00. The molecule has 0 aromatic heterocycles. The van der Waals surface area contributed by atoms with Gasteiger partial charge in [-0.1, -0.05) is 68.1 Å². The largest absolute Gasteiger partial charge is 0.366 e. The molecule has 1 N–H and O–H groups in total. The molecule has 1 aliphatic carbocycles. The summed E-state index contributed by atoms with van der Waals surface area (Å²) in [6.07, 6.45) is 10.7. The average molecular weight is 376 g/mol. The summed E-state index contributed by atoms with van der Waals surface area (Å²) in [4.78, 5) is 5.47. The summed E-state index contributed by atoms with van der Waals surface area (Å²) >= 11 is 0. The molecule has 0 spiro atoms. The third-order valence-corrected chi connectivity index (χ3v) is 7.41. The number of benzene rings is 2. The minimum Gasteiger partial charge on any atom is -0.366 e. The summed E-state index contributed by atoms with van der Waals surface area (Å²) in [5, 5.41) is 3.58. The molecule has 2 aromatic carbocycles. The van der Waals surface area contributed by atoms with Gasteiger partial charge in [-0.05, 0) is 43.4 Å². The van der Waals surface area contributed by atoms with E-state index in [4.69, 9.17) is 0 Å². The summed E-state index contributed by atoms with van der Waals surface area (Å²) in [6.45, 7) is 3.41. The highest BCUT2D eigenvalue weighted by molar-refractivity contribution is 5.74. The molecular weight excluding hydrogens is 342 g/mol. The number of nitrogens with zero attached hydrogens (tertiary/aromatic N) is 2. The summed E-state index contributed by atoms with van der Waals surface area (Å²) in [5.74, 6) is 0. The van der Waals surface area contributed by atoms with E-state index in [0.29, 0.717) is 6.04 Å². The number of likely N-dealkylation sites (tertiary alicyclic amines) is 1. The molecule has 1 saturated carbocycles. The standard InChI is InChI=1S/C25H33N3/c1-2-9-17-25(16-8-1,21-10-4-3-5-11-21)27-18-14-22(15-19-27)28-20-26-23-12-6-7-13-24(23)28/h3-7,10-13,22,26H,1-2,8-9,14-20H2. The van der Waals surface area contributed by atoms with Gasteiger partial charge >= 0.3 is 0 Å². The van der Waals surface area contributed by atoms with Crippen molar-refractivity contribution in [1.82, 2.24) is 4.90 Å². The Morgan fingerprint density at radius 1 is 0.786 bits per heavy atom. The second-order valence-electron chi connectivity index (χ2n) is 8.85. The lowest BCUT2D eigenvalue weighted by molar-refractivity contribution is 0.0434. The first-order valence-corrected chi connectivity index (χ1v) is 11.3. The number of piperidine rings is 1. The van der Waals surface area contributed by atoms with Gasteiger partial charge in [-0.15, -0.1) is 0 Å². The molecule has 3 nitrogen and oxygen atoms in total. The van der Waals surface area contributed by atoms with Crippen molar-refractivity contribution in [3.63, 3.8) is 0 Å². The topological polar surface area (TPSA) is 18.5 Å². The molecule has 2 aliphatic heterocycles. The van der Waals surface area contributed by atoms with Gasteiger partial charge in [0.25, 0.3) is 0 Å². The number of hydrogen-bond acceptors (Lipinski definition) is 3. The molecule has 1 saturated heterocycles. The Labute approximate surface area is 169 Å². The molecule has 0 unspecified atom stereocenters. The summed E-state index contributed by atoms with van der Waals surface area (Å²) in [7, 11) is 0. The molecule has 0 atom stereocenters. The zero-order chi connectivity index (χ0) is 18.8. The second kappa shape index (κ2) is 7.79. The number of hydrogen-bond donors (Lipinski definition) is 1. The molecular formula is C25H33N3. The Bertz CT molecular complexity index is 771. The van der Waals surface area contributed by atoms with Crippen molar-refractivity contribution in [3.05, 3.63) is 60.2 Å². The lowest BCUT2D eigenvalue weighted by Crippen LogP contribution is -2.53. The maximum Gasteiger partial charge on any atom is 0.0880 e. The quantitative estimate of drug-likeness (QED) is 0.706. The van der Waals surface area contributed by atoms with Crippen molar-refractivity contribution >= 4 is 11.4 Å². The van der Waals surface area contributed by atoms with Gasteiger partial charge in [0.1, 0.15) is 0 Å². The fraction of sp³-hybridized carbons (Fsp3) is 0.520. The van der Waals surface area contributed by atoms with Crippen LogP contribution < -0.4 is 10.2 Å². The number of nitrogens with one attached hydrogen (secondary N) is 1. The zero-order valence-corrected chi connectivity index (χ0v) is 16.9. The third-order valence-electron chi connectivity index (χ3n) is 7.41. The third kappa shape index (κ3) is 3.20. The molecule has 3 heteroatoms. The number of anilines is 2. The molecule has 148 valence electrons. The van der Waals surface area contributed by atoms with Crippen molar-refractivity contribution < 1.29 is 0 Å². The van der Waals surface area contributed by atoms with E-state index in [9.17, 15) is 0 Å². The smallest absolute Gasteiger partial charge is 0.0880 e. The van der Waals surface area contributed by atoms with Crippen molar-refractivity contribution in [1.29, 1.82) is 0 Å². The van der Waals surface area contributed by atoms with Crippen LogP contribution in [0, 0.1) is 0 Å². The van der Waals surface area contributed by atoms with Crippen LogP contribution in [0.25, 0.3) is 0 Å². The lowest BCUT2D eigenvalue weighted by atomic mass is 9.79. The number of para-hydroxylation sites is 2. The fourth-order valence-electron chi connectivity index (χ4n) is 5.91. The van der Waals surface area contributed by atoms with Crippen LogP contribution >= 0.6 is 0 Å². The second-order valence-corrected chi connectivity index (χ2v) is 8.85. The maximum absolute atomic E-state index is 3.58. The van der Waals surface area contributed by atoms with Crippen LogP contribution in [0.5, 0.6) is 0 Å². The molecule has 0 amide bonds. The first-order valence-electron chi connectivity index (χ1n) is 11.3. The van der Waals surface area contributed by atoms with Crippen molar-refractivity contribution in [2.45, 2.75) is 62.9 Å². The van der Waals surface area contributed by atoms with E-state index in [1.54, 1.807) is 5.56 Å². The highest BCUT2D eigenvalue weighted by Gasteiger charge is 2.41. The monoisotopic (exact) mass is 375 g/mol. The summed E-state index contributed by atoms with van der Waals surface area (Å²) in [6, 6.07) is 20.9.